The lowest BCUT2D eigenvalue weighted by Crippen LogP contribution is -2.39. The zero-order chi connectivity index (χ0) is 20.6. The van der Waals surface area contributed by atoms with Gasteiger partial charge in [-0.1, -0.05) is 18.2 Å². The highest BCUT2D eigenvalue weighted by molar-refractivity contribution is 5.97. The molecule has 0 bridgehead atoms. The highest BCUT2D eigenvalue weighted by Gasteiger charge is 2.21. The number of nitrogens with one attached hydrogen (secondary N) is 1. The van der Waals surface area contributed by atoms with Crippen molar-refractivity contribution in [3.63, 3.8) is 0 Å². The van der Waals surface area contributed by atoms with Crippen LogP contribution in [0.25, 0.3) is 0 Å². The summed E-state index contributed by atoms with van der Waals surface area (Å²) in [6, 6.07) is 16.5. The molecule has 1 aliphatic heterocycles. The number of benzene rings is 2. The van der Waals surface area contributed by atoms with Crippen LogP contribution < -0.4 is 15.1 Å². The molecule has 7 nitrogen and oxygen atoms in total. The second kappa shape index (κ2) is 9.71. The second-order valence-electron chi connectivity index (χ2n) is 6.75. The van der Waals surface area contributed by atoms with E-state index in [9.17, 15) is 9.59 Å². The summed E-state index contributed by atoms with van der Waals surface area (Å²) in [5, 5.41) is 11.8. The first-order chi connectivity index (χ1) is 14.1. The fourth-order valence-electron chi connectivity index (χ4n) is 3.31. The van der Waals surface area contributed by atoms with Gasteiger partial charge in [0.1, 0.15) is 0 Å². The van der Waals surface area contributed by atoms with Gasteiger partial charge >= 0.3 is 0 Å². The van der Waals surface area contributed by atoms with Gasteiger partial charge in [0.2, 0.25) is 11.8 Å². The Labute approximate surface area is 170 Å². The van der Waals surface area contributed by atoms with Crippen LogP contribution in [0.15, 0.2) is 48.5 Å². The fourth-order valence-corrected chi connectivity index (χ4v) is 3.31. The van der Waals surface area contributed by atoms with Gasteiger partial charge in [-0.3, -0.25) is 9.59 Å². The van der Waals surface area contributed by atoms with Crippen molar-refractivity contribution in [1.82, 2.24) is 0 Å². The van der Waals surface area contributed by atoms with Crippen LogP contribution >= 0.6 is 0 Å². The van der Waals surface area contributed by atoms with Gasteiger partial charge in [0.25, 0.3) is 0 Å². The highest BCUT2D eigenvalue weighted by Crippen LogP contribution is 2.30. The molecule has 0 saturated carbocycles. The topological polar surface area (TPSA) is 85.7 Å². The van der Waals surface area contributed by atoms with Crippen LogP contribution in [-0.4, -0.2) is 44.7 Å². The summed E-state index contributed by atoms with van der Waals surface area (Å²) in [4.78, 5) is 28.6. The number of para-hydroxylation sites is 2. The van der Waals surface area contributed by atoms with Crippen LogP contribution in [0.4, 0.5) is 17.1 Å². The van der Waals surface area contributed by atoms with Crippen molar-refractivity contribution in [3.05, 3.63) is 54.1 Å². The third kappa shape index (κ3) is 5.33. The van der Waals surface area contributed by atoms with E-state index in [4.69, 9.17) is 10.00 Å². The summed E-state index contributed by atoms with van der Waals surface area (Å²) >= 11 is 0. The molecule has 1 aliphatic rings. The first-order valence-electron chi connectivity index (χ1n) is 9.58. The molecule has 29 heavy (non-hydrogen) atoms. The smallest absolute Gasteiger partial charge is 0.226 e. The lowest BCUT2D eigenvalue weighted by molar-refractivity contribution is -0.117. The van der Waals surface area contributed by atoms with Crippen molar-refractivity contribution >= 4 is 28.9 Å². The van der Waals surface area contributed by atoms with Crippen molar-refractivity contribution in [3.8, 4) is 6.07 Å². The average Bonchev–Trinajstić information content (AvgIpc) is 2.74. The van der Waals surface area contributed by atoms with E-state index < -0.39 is 0 Å². The second-order valence-corrected chi connectivity index (χ2v) is 6.75. The summed E-state index contributed by atoms with van der Waals surface area (Å²) in [6.07, 6.45) is 0.147. The Kier molecular flexibility index (Phi) is 6.82. The monoisotopic (exact) mass is 392 g/mol. The van der Waals surface area contributed by atoms with Gasteiger partial charge in [-0.2, -0.15) is 5.26 Å². The van der Waals surface area contributed by atoms with Gasteiger partial charge in [0.05, 0.1) is 36.2 Å². The average molecular weight is 392 g/mol. The number of carbonyl (C=O) groups is 2. The van der Waals surface area contributed by atoms with Crippen LogP contribution in [-0.2, 0) is 14.3 Å². The number of nitriles is 1. The van der Waals surface area contributed by atoms with Crippen LogP contribution in [0, 0.1) is 11.3 Å². The molecule has 1 saturated heterocycles. The van der Waals surface area contributed by atoms with E-state index in [0.717, 1.165) is 24.5 Å². The third-order valence-corrected chi connectivity index (χ3v) is 4.74. The predicted molar refractivity (Wildman–Crippen MR) is 112 cm³/mol. The molecule has 1 fully saturated rings. The fraction of sp³-hybridized carbons (Fsp3) is 0.318. The third-order valence-electron chi connectivity index (χ3n) is 4.74. The van der Waals surface area contributed by atoms with Gasteiger partial charge in [0, 0.05) is 38.7 Å². The quantitative estimate of drug-likeness (QED) is 0.817. The molecule has 0 atom stereocenters. The van der Waals surface area contributed by atoms with E-state index in [1.807, 2.05) is 30.3 Å². The molecular formula is C22H24N4O3. The Hall–Kier alpha value is -3.37. The molecule has 2 aromatic rings. The first-order valence-corrected chi connectivity index (χ1v) is 9.58. The maximum atomic E-state index is 12.4. The standard InChI is InChI=1S/C22H24N4O3/c1-17(27)26(10-9-22(28)24-19-6-4-5-18(15-19)16-23)21-8-3-2-7-20(21)25-11-13-29-14-12-25/h2-8,15H,9-14H2,1H3,(H,24,28). The number of nitrogens with zero attached hydrogens (tertiary/aromatic N) is 3. The Bertz CT molecular complexity index is 916. The highest BCUT2D eigenvalue weighted by atomic mass is 16.5. The molecule has 1 heterocycles. The van der Waals surface area contributed by atoms with Crippen molar-refractivity contribution in [2.75, 3.05) is 48.0 Å². The number of carbonyl (C=O) groups excluding carboxylic acids is 2. The minimum absolute atomic E-state index is 0.120. The number of morpholine rings is 1. The number of amides is 2. The van der Waals surface area contributed by atoms with Crippen LogP contribution in [0.3, 0.4) is 0 Å². The van der Waals surface area contributed by atoms with E-state index in [1.54, 1.807) is 29.2 Å². The van der Waals surface area contributed by atoms with Gasteiger partial charge in [-0.25, -0.2) is 0 Å². The minimum Gasteiger partial charge on any atom is -0.378 e. The molecule has 1 N–H and O–H groups in total. The van der Waals surface area contributed by atoms with E-state index >= 15 is 0 Å². The predicted octanol–water partition coefficient (Wildman–Crippen LogP) is 2.78. The van der Waals surface area contributed by atoms with Gasteiger partial charge in [-0.05, 0) is 30.3 Å². The molecule has 0 aliphatic carbocycles. The maximum absolute atomic E-state index is 12.4. The van der Waals surface area contributed by atoms with Crippen LogP contribution in [0.2, 0.25) is 0 Å². The summed E-state index contributed by atoms with van der Waals surface area (Å²) in [6.45, 7) is 4.60. The van der Waals surface area contributed by atoms with Crippen molar-refractivity contribution in [2.24, 2.45) is 0 Å². The van der Waals surface area contributed by atoms with E-state index in [0.29, 0.717) is 24.5 Å². The summed E-state index contributed by atoms with van der Waals surface area (Å²) in [7, 11) is 0. The number of hydrogen-bond acceptors (Lipinski definition) is 5. The molecule has 0 spiro atoms. The van der Waals surface area contributed by atoms with Gasteiger partial charge in [-0.15, -0.1) is 0 Å². The maximum Gasteiger partial charge on any atom is 0.226 e. The molecular weight excluding hydrogens is 368 g/mol. The van der Waals surface area contributed by atoms with E-state index in [1.165, 1.54) is 6.92 Å². The molecule has 2 aromatic carbocycles. The van der Waals surface area contributed by atoms with E-state index in [2.05, 4.69) is 10.2 Å². The summed E-state index contributed by atoms with van der Waals surface area (Å²) in [5.41, 5.74) is 2.80. The minimum atomic E-state index is -0.213. The van der Waals surface area contributed by atoms with Crippen molar-refractivity contribution in [1.29, 1.82) is 5.26 Å². The Morgan fingerprint density at radius 2 is 1.93 bits per heavy atom. The molecule has 0 radical (unpaired) electrons. The normalized spacial score (nSPS) is 13.4. The number of anilines is 3. The lowest BCUT2D eigenvalue weighted by Gasteiger charge is -2.33. The molecule has 7 heteroatoms. The Balaban J connectivity index is 1.70. The molecule has 3 rings (SSSR count). The van der Waals surface area contributed by atoms with Gasteiger partial charge < -0.3 is 19.9 Å². The van der Waals surface area contributed by atoms with Crippen LogP contribution in [0.5, 0.6) is 0 Å². The van der Waals surface area contributed by atoms with Crippen LogP contribution in [0.1, 0.15) is 18.9 Å². The largest absolute Gasteiger partial charge is 0.378 e. The SMILES string of the molecule is CC(=O)N(CCC(=O)Nc1cccc(C#N)c1)c1ccccc1N1CCOCC1. The molecule has 0 unspecified atom stereocenters. The number of hydrogen-bond donors (Lipinski definition) is 1. The van der Waals surface area contributed by atoms with Gasteiger partial charge in [0.15, 0.2) is 0 Å². The summed E-state index contributed by atoms with van der Waals surface area (Å²) < 4.78 is 5.43. The molecule has 0 aromatic heterocycles. The Morgan fingerprint density at radius 3 is 2.66 bits per heavy atom. The zero-order valence-electron chi connectivity index (χ0n) is 16.4. The van der Waals surface area contributed by atoms with Crippen molar-refractivity contribution in [2.45, 2.75) is 13.3 Å². The molecule has 2 amide bonds. The van der Waals surface area contributed by atoms with E-state index in [-0.39, 0.29) is 24.8 Å². The number of ether oxygens (including phenoxy) is 1. The van der Waals surface area contributed by atoms with Crippen molar-refractivity contribution < 1.29 is 14.3 Å². The lowest BCUT2D eigenvalue weighted by atomic mass is 10.2. The first kappa shape index (κ1) is 20.4. The summed E-state index contributed by atoms with van der Waals surface area (Å²) in [5.74, 6) is -0.333. The zero-order valence-corrected chi connectivity index (χ0v) is 16.4. The number of rotatable bonds is 6. The Morgan fingerprint density at radius 1 is 1.17 bits per heavy atom. The molecule has 150 valence electrons.